The Bertz CT molecular complexity index is 99.5. The van der Waals surface area contributed by atoms with Crippen LogP contribution >= 0.6 is 15.9 Å². The van der Waals surface area contributed by atoms with Crippen LogP contribution in [0.5, 0.6) is 0 Å². The zero-order valence-electron chi connectivity index (χ0n) is 7.05. The number of piperidine rings is 1. The zero-order valence-corrected chi connectivity index (χ0v) is 8.64. The lowest BCUT2D eigenvalue weighted by atomic mass is 10.1. The highest BCUT2D eigenvalue weighted by atomic mass is 79.9. The first-order valence-electron chi connectivity index (χ1n) is 4.18. The van der Waals surface area contributed by atoms with Gasteiger partial charge in [0.1, 0.15) is 0 Å². The van der Waals surface area contributed by atoms with Crippen molar-refractivity contribution in [1.82, 2.24) is 4.90 Å². The van der Waals surface area contributed by atoms with Crippen LogP contribution < -0.4 is 0 Å². The minimum atomic E-state index is 0.751. The molecular formula is C8H16BrNO. The fourth-order valence-corrected chi connectivity index (χ4v) is 1.75. The van der Waals surface area contributed by atoms with E-state index in [0.717, 1.165) is 18.0 Å². The Labute approximate surface area is 77.0 Å². The van der Waals surface area contributed by atoms with E-state index in [1.807, 2.05) is 0 Å². The minimum absolute atomic E-state index is 0.751. The maximum absolute atomic E-state index is 5.02. The normalized spacial score (nSPS) is 22.4. The van der Waals surface area contributed by atoms with Crippen molar-refractivity contribution < 1.29 is 4.74 Å². The molecule has 1 rings (SSSR count). The number of nitrogens with zero attached hydrogens (tertiary/aromatic N) is 1. The number of hydrogen-bond donors (Lipinski definition) is 0. The van der Waals surface area contributed by atoms with Gasteiger partial charge in [-0.25, -0.2) is 0 Å². The standard InChI is InChI=1S/C8H16BrNO/c1-11-7-6-10-4-2-8(9)3-5-10/h8H,2-7H2,1H3. The fraction of sp³-hybridized carbons (Fsp3) is 1.00. The van der Waals surface area contributed by atoms with Crippen LogP contribution in [0.1, 0.15) is 12.8 Å². The summed E-state index contributed by atoms with van der Waals surface area (Å²) < 4.78 is 5.02. The van der Waals surface area contributed by atoms with Crippen LogP contribution in [-0.4, -0.2) is 43.1 Å². The van der Waals surface area contributed by atoms with Gasteiger partial charge < -0.3 is 9.64 Å². The number of methoxy groups -OCH3 is 1. The van der Waals surface area contributed by atoms with Gasteiger partial charge in [0.05, 0.1) is 6.61 Å². The molecule has 1 heterocycles. The van der Waals surface area contributed by atoms with E-state index in [1.165, 1.54) is 25.9 Å². The number of likely N-dealkylation sites (tertiary alicyclic amines) is 1. The molecule has 1 aliphatic rings. The number of ether oxygens (including phenoxy) is 1. The summed E-state index contributed by atoms with van der Waals surface area (Å²) in [6, 6.07) is 0. The smallest absolute Gasteiger partial charge is 0.0589 e. The van der Waals surface area contributed by atoms with E-state index in [2.05, 4.69) is 20.8 Å². The largest absolute Gasteiger partial charge is 0.383 e. The summed E-state index contributed by atoms with van der Waals surface area (Å²) in [7, 11) is 1.76. The quantitative estimate of drug-likeness (QED) is 0.671. The monoisotopic (exact) mass is 221 g/mol. The van der Waals surface area contributed by atoms with Gasteiger partial charge in [0.25, 0.3) is 0 Å². The molecule has 0 aromatic rings. The molecule has 0 spiro atoms. The van der Waals surface area contributed by atoms with Crippen molar-refractivity contribution in [2.75, 3.05) is 33.4 Å². The molecule has 11 heavy (non-hydrogen) atoms. The Morgan fingerprint density at radius 3 is 2.64 bits per heavy atom. The molecule has 0 radical (unpaired) electrons. The van der Waals surface area contributed by atoms with Crippen molar-refractivity contribution in [1.29, 1.82) is 0 Å². The number of halogens is 1. The van der Waals surface area contributed by atoms with E-state index in [4.69, 9.17) is 4.74 Å². The number of rotatable bonds is 3. The maximum Gasteiger partial charge on any atom is 0.0589 e. The van der Waals surface area contributed by atoms with Gasteiger partial charge in [-0.15, -0.1) is 0 Å². The lowest BCUT2D eigenvalue weighted by Crippen LogP contribution is -2.36. The topological polar surface area (TPSA) is 12.5 Å². The van der Waals surface area contributed by atoms with Gasteiger partial charge in [0, 0.05) is 18.5 Å². The molecule has 0 atom stereocenters. The maximum atomic E-state index is 5.02. The molecule has 0 unspecified atom stereocenters. The molecule has 0 aromatic carbocycles. The van der Waals surface area contributed by atoms with Gasteiger partial charge in [-0.2, -0.15) is 0 Å². The summed E-state index contributed by atoms with van der Waals surface area (Å²) in [6.45, 7) is 4.40. The van der Waals surface area contributed by atoms with Crippen LogP contribution in [0.25, 0.3) is 0 Å². The van der Waals surface area contributed by atoms with Crippen LogP contribution in [0.2, 0.25) is 0 Å². The third-order valence-corrected chi connectivity index (χ3v) is 3.04. The number of alkyl halides is 1. The van der Waals surface area contributed by atoms with Crippen LogP contribution in [0.3, 0.4) is 0 Å². The van der Waals surface area contributed by atoms with Crippen molar-refractivity contribution in [2.45, 2.75) is 17.7 Å². The summed E-state index contributed by atoms with van der Waals surface area (Å²) in [4.78, 5) is 3.21. The molecule has 2 nitrogen and oxygen atoms in total. The van der Waals surface area contributed by atoms with E-state index in [9.17, 15) is 0 Å². The summed E-state index contributed by atoms with van der Waals surface area (Å²) in [5.74, 6) is 0. The van der Waals surface area contributed by atoms with E-state index in [-0.39, 0.29) is 0 Å². The molecule has 1 aliphatic heterocycles. The molecule has 3 heteroatoms. The summed E-state index contributed by atoms with van der Waals surface area (Å²) in [5.41, 5.74) is 0. The average Bonchev–Trinajstić information content (AvgIpc) is 2.04. The lowest BCUT2D eigenvalue weighted by molar-refractivity contribution is 0.137. The van der Waals surface area contributed by atoms with E-state index in [0.29, 0.717) is 0 Å². The fourth-order valence-electron chi connectivity index (χ4n) is 1.35. The Morgan fingerprint density at radius 1 is 1.45 bits per heavy atom. The Morgan fingerprint density at radius 2 is 2.09 bits per heavy atom. The Hall–Kier alpha value is 0.400. The van der Waals surface area contributed by atoms with Crippen molar-refractivity contribution in [3.8, 4) is 0 Å². The highest BCUT2D eigenvalue weighted by Gasteiger charge is 2.15. The van der Waals surface area contributed by atoms with E-state index in [1.54, 1.807) is 7.11 Å². The molecule has 66 valence electrons. The molecule has 1 saturated heterocycles. The van der Waals surface area contributed by atoms with Crippen LogP contribution in [-0.2, 0) is 4.74 Å². The molecule has 0 aliphatic carbocycles. The SMILES string of the molecule is COCCN1CCC(Br)CC1. The summed E-state index contributed by atoms with van der Waals surface area (Å²) in [5, 5.41) is 0. The first-order valence-corrected chi connectivity index (χ1v) is 5.10. The molecule has 0 bridgehead atoms. The first kappa shape index (κ1) is 9.49. The molecular weight excluding hydrogens is 206 g/mol. The van der Waals surface area contributed by atoms with Crippen molar-refractivity contribution in [3.05, 3.63) is 0 Å². The van der Waals surface area contributed by atoms with Gasteiger partial charge in [-0.1, -0.05) is 15.9 Å². The van der Waals surface area contributed by atoms with Gasteiger partial charge >= 0.3 is 0 Å². The Kier molecular flexibility index (Phi) is 4.41. The zero-order chi connectivity index (χ0) is 8.10. The van der Waals surface area contributed by atoms with E-state index >= 15 is 0 Å². The lowest BCUT2D eigenvalue weighted by Gasteiger charge is -2.28. The van der Waals surface area contributed by atoms with Crippen molar-refractivity contribution in [3.63, 3.8) is 0 Å². The highest BCUT2D eigenvalue weighted by Crippen LogP contribution is 2.16. The summed E-state index contributed by atoms with van der Waals surface area (Å²) in [6.07, 6.45) is 2.56. The van der Waals surface area contributed by atoms with Crippen LogP contribution in [0.15, 0.2) is 0 Å². The Balaban J connectivity index is 2.07. The average molecular weight is 222 g/mol. The molecule has 0 amide bonds. The number of hydrogen-bond acceptors (Lipinski definition) is 2. The second kappa shape index (κ2) is 5.12. The molecule has 0 saturated carbocycles. The third kappa shape index (κ3) is 3.54. The van der Waals surface area contributed by atoms with Gasteiger partial charge in [-0.3, -0.25) is 0 Å². The van der Waals surface area contributed by atoms with Crippen LogP contribution in [0.4, 0.5) is 0 Å². The third-order valence-electron chi connectivity index (χ3n) is 2.13. The predicted octanol–water partition coefficient (Wildman–Crippen LogP) is 1.49. The first-order chi connectivity index (χ1) is 5.33. The molecule has 0 aromatic heterocycles. The predicted molar refractivity (Wildman–Crippen MR) is 50.3 cm³/mol. The van der Waals surface area contributed by atoms with E-state index < -0.39 is 0 Å². The minimum Gasteiger partial charge on any atom is -0.383 e. The van der Waals surface area contributed by atoms with Crippen molar-refractivity contribution in [2.24, 2.45) is 0 Å². The highest BCUT2D eigenvalue weighted by molar-refractivity contribution is 9.09. The second-order valence-electron chi connectivity index (χ2n) is 3.01. The molecule has 0 N–H and O–H groups in total. The van der Waals surface area contributed by atoms with Gasteiger partial charge in [0.15, 0.2) is 0 Å². The second-order valence-corrected chi connectivity index (χ2v) is 4.30. The van der Waals surface area contributed by atoms with Crippen LogP contribution in [0, 0.1) is 0 Å². The van der Waals surface area contributed by atoms with Gasteiger partial charge in [-0.05, 0) is 25.9 Å². The summed E-state index contributed by atoms with van der Waals surface area (Å²) >= 11 is 3.63. The van der Waals surface area contributed by atoms with Gasteiger partial charge in [0.2, 0.25) is 0 Å². The van der Waals surface area contributed by atoms with Crippen molar-refractivity contribution >= 4 is 15.9 Å². The molecule has 1 fully saturated rings.